The minimum atomic E-state index is -0.535. The molecule has 0 saturated carbocycles. The molecule has 0 saturated heterocycles. The van der Waals surface area contributed by atoms with Crippen LogP contribution in [0.15, 0.2) is 46.4 Å². The Morgan fingerprint density at radius 2 is 1.86 bits per heavy atom. The number of carbonyl (C=O) groups is 2. The molecule has 1 aromatic heterocycles. The maximum absolute atomic E-state index is 12.1. The van der Waals surface area contributed by atoms with Crippen molar-refractivity contribution in [3.05, 3.63) is 59.1 Å². The van der Waals surface area contributed by atoms with Crippen molar-refractivity contribution in [2.45, 2.75) is 13.8 Å². The Morgan fingerprint density at radius 1 is 1.18 bits per heavy atom. The Bertz CT molecular complexity index is 777. The second-order valence-electron chi connectivity index (χ2n) is 4.71. The average molecular weight is 294 g/mol. The number of furan rings is 1. The van der Waals surface area contributed by atoms with Crippen molar-refractivity contribution in [1.82, 2.24) is 0 Å². The van der Waals surface area contributed by atoms with E-state index < -0.39 is 5.91 Å². The van der Waals surface area contributed by atoms with Crippen LogP contribution in [0.5, 0.6) is 0 Å². The number of nitrogens with zero attached hydrogens (tertiary/aromatic N) is 1. The van der Waals surface area contributed by atoms with Crippen molar-refractivity contribution in [3.63, 3.8) is 0 Å². The zero-order chi connectivity index (χ0) is 16.1. The van der Waals surface area contributed by atoms with Gasteiger partial charge in [0.2, 0.25) is 0 Å². The summed E-state index contributed by atoms with van der Waals surface area (Å²) >= 11 is 0. The zero-order valence-electron chi connectivity index (χ0n) is 12.2. The molecule has 0 aliphatic carbocycles. The molecule has 0 bridgehead atoms. The van der Waals surface area contributed by atoms with Gasteiger partial charge < -0.3 is 9.73 Å². The number of carbonyl (C=O) groups excluding carboxylic acids is 2. The van der Waals surface area contributed by atoms with Gasteiger partial charge in [-0.05, 0) is 50.2 Å². The maximum Gasteiger partial charge on any atom is 0.266 e. The van der Waals surface area contributed by atoms with Gasteiger partial charge in [0.1, 0.15) is 23.2 Å². The summed E-state index contributed by atoms with van der Waals surface area (Å²) in [6.07, 6.45) is 1.38. The maximum atomic E-state index is 12.1. The van der Waals surface area contributed by atoms with E-state index in [-0.39, 0.29) is 11.4 Å². The van der Waals surface area contributed by atoms with Crippen molar-refractivity contribution in [3.8, 4) is 6.07 Å². The monoisotopic (exact) mass is 294 g/mol. The normalized spacial score (nSPS) is 10.9. The third-order valence-corrected chi connectivity index (χ3v) is 2.96. The lowest BCUT2D eigenvalue weighted by Crippen LogP contribution is -2.13. The molecule has 0 spiro atoms. The lowest BCUT2D eigenvalue weighted by Gasteiger charge is -2.04. The number of hydrogen-bond donors (Lipinski definition) is 1. The molecule has 1 N–H and O–H groups in total. The molecule has 0 unspecified atom stereocenters. The van der Waals surface area contributed by atoms with Crippen LogP contribution in [0.1, 0.15) is 28.8 Å². The van der Waals surface area contributed by atoms with Gasteiger partial charge in [-0.2, -0.15) is 5.26 Å². The SMILES string of the molecule is CC(=O)c1ccc(NC(=O)/C(C#N)=C/c2ccc(C)o2)cc1. The van der Waals surface area contributed by atoms with E-state index in [0.717, 1.165) is 0 Å². The van der Waals surface area contributed by atoms with E-state index in [1.165, 1.54) is 13.0 Å². The summed E-state index contributed by atoms with van der Waals surface area (Å²) in [5.74, 6) is 0.552. The van der Waals surface area contributed by atoms with Crippen LogP contribution in [-0.4, -0.2) is 11.7 Å². The molecule has 5 nitrogen and oxygen atoms in total. The molecule has 0 atom stereocenters. The van der Waals surface area contributed by atoms with Crippen molar-refractivity contribution < 1.29 is 14.0 Å². The number of Topliss-reactive ketones (excluding diaryl/α,β-unsaturated/α-hetero) is 1. The molecule has 2 aromatic rings. The van der Waals surface area contributed by atoms with Crippen molar-refractivity contribution >= 4 is 23.5 Å². The van der Waals surface area contributed by atoms with Gasteiger partial charge in [0.05, 0.1) is 0 Å². The molecule has 5 heteroatoms. The van der Waals surface area contributed by atoms with Gasteiger partial charge in [-0.25, -0.2) is 0 Å². The number of ketones is 1. The van der Waals surface area contributed by atoms with Gasteiger partial charge in [-0.1, -0.05) is 0 Å². The minimum absolute atomic E-state index is 0.0522. The third kappa shape index (κ3) is 3.70. The highest BCUT2D eigenvalue weighted by Crippen LogP contribution is 2.14. The van der Waals surface area contributed by atoms with E-state index in [1.807, 2.05) is 6.07 Å². The van der Waals surface area contributed by atoms with E-state index in [4.69, 9.17) is 9.68 Å². The standard InChI is InChI=1S/C17H14N2O3/c1-11-3-8-16(22-11)9-14(10-18)17(21)19-15-6-4-13(5-7-15)12(2)20/h3-9H,1-2H3,(H,19,21)/b14-9+. The lowest BCUT2D eigenvalue weighted by molar-refractivity contribution is -0.112. The number of amides is 1. The first kappa shape index (κ1) is 15.3. The fourth-order valence-electron chi connectivity index (χ4n) is 1.81. The second-order valence-corrected chi connectivity index (χ2v) is 4.71. The fraction of sp³-hybridized carbons (Fsp3) is 0.118. The molecule has 0 fully saturated rings. The van der Waals surface area contributed by atoms with Crippen LogP contribution >= 0.6 is 0 Å². The highest BCUT2D eigenvalue weighted by atomic mass is 16.3. The Labute approximate surface area is 127 Å². The van der Waals surface area contributed by atoms with Crippen LogP contribution < -0.4 is 5.32 Å². The summed E-state index contributed by atoms with van der Waals surface area (Å²) in [7, 11) is 0. The summed E-state index contributed by atoms with van der Waals surface area (Å²) in [5.41, 5.74) is 0.997. The van der Waals surface area contributed by atoms with Gasteiger partial charge >= 0.3 is 0 Å². The van der Waals surface area contributed by atoms with Crippen molar-refractivity contribution in [1.29, 1.82) is 5.26 Å². The Balaban J connectivity index is 2.14. The Kier molecular flexibility index (Phi) is 4.54. The highest BCUT2D eigenvalue weighted by Gasteiger charge is 2.11. The van der Waals surface area contributed by atoms with Crippen LogP contribution in [0.3, 0.4) is 0 Å². The topological polar surface area (TPSA) is 83.1 Å². The summed E-state index contributed by atoms with van der Waals surface area (Å²) in [5, 5.41) is 11.7. The van der Waals surface area contributed by atoms with E-state index in [2.05, 4.69) is 5.32 Å². The molecule has 0 aliphatic heterocycles. The molecule has 1 amide bonds. The van der Waals surface area contributed by atoms with Crippen LogP contribution in [0.25, 0.3) is 6.08 Å². The molecule has 2 rings (SSSR count). The van der Waals surface area contributed by atoms with E-state index in [0.29, 0.717) is 22.8 Å². The number of nitriles is 1. The summed E-state index contributed by atoms with van der Waals surface area (Å²) in [4.78, 5) is 23.3. The number of rotatable bonds is 4. The van der Waals surface area contributed by atoms with Crippen LogP contribution in [0.2, 0.25) is 0 Å². The van der Waals surface area contributed by atoms with Gasteiger partial charge in [0, 0.05) is 17.3 Å². The number of aryl methyl sites for hydroxylation is 1. The smallest absolute Gasteiger partial charge is 0.266 e. The predicted molar refractivity (Wildman–Crippen MR) is 82.1 cm³/mol. The summed E-state index contributed by atoms with van der Waals surface area (Å²) in [6.45, 7) is 3.25. The lowest BCUT2D eigenvalue weighted by atomic mass is 10.1. The number of anilines is 1. The first-order chi connectivity index (χ1) is 10.5. The molecular weight excluding hydrogens is 280 g/mol. The number of hydrogen-bond acceptors (Lipinski definition) is 4. The summed E-state index contributed by atoms with van der Waals surface area (Å²) < 4.78 is 5.31. The highest BCUT2D eigenvalue weighted by molar-refractivity contribution is 6.09. The van der Waals surface area contributed by atoms with E-state index in [9.17, 15) is 9.59 Å². The Morgan fingerprint density at radius 3 is 2.36 bits per heavy atom. The molecule has 0 aliphatic rings. The molecule has 1 aromatic carbocycles. The largest absolute Gasteiger partial charge is 0.462 e. The Hall–Kier alpha value is -3.13. The van der Waals surface area contributed by atoms with Crippen LogP contribution in [-0.2, 0) is 4.79 Å². The predicted octanol–water partition coefficient (Wildman–Crippen LogP) is 3.34. The molecule has 0 radical (unpaired) electrons. The average Bonchev–Trinajstić information content (AvgIpc) is 2.90. The number of benzene rings is 1. The summed E-state index contributed by atoms with van der Waals surface area (Å²) in [6, 6.07) is 11.7. The first-order valence-corrected chi connectivity index (χ1v) is 6.60. The third-order valence-electron chi connectivity index (χ3n) is 2.96. The molecule has 110 valence electrons. The van der Waals surface area contributed by atoms with Crippen LogP contribution in [0.4, 0.5) is 5.69 Å². The zero-order valence-corrected chi connectivity index (χ0v) is 12.2. The molecule has 22 heavy (non-hydrogen) atoms. The number of nitrogens with one attached hydrogen (secondary N) is 1. The molecular formula is C17H14N2O3. The minimum Gasteiger partial charge on any atom is -0.462 e. The van der Waals surface area contributed by atoms with E-state index in [1.54, 1.807) is 43.3 Å². The van der Waals surface area contributed by atoms with E-state index >= 15 is 0 Å². The quantitative estimate of drug-likeness (QED) is 0.532. The van der Waals surface area contributed by atoms with Crippen molar-refractivity contribution in [2.24, 2.45) is 0 Å². The van der Waals surface area contributed by atoms with Crippen molar-refractivity contribution in [2.75, 3.05) is 5.32 Å². The second kappa shape index (κ2) is 6.55. The van der Waals surface area contributed by atoms with Gasteiger partial charge in [-0.3, -0.25) is 9.59 Å². The fourth-order valence-corrected chi connectivity index (χ4v) is 1.81. The van der Waals surface area contributed by atoms with Crippen LogP contribution in [0, 0.1) is 18.3 Å². The van der Waals surface area contributed by atoms with Gasteiger partial charge in [0.25, 0.3) is 5.91 Å². The van der Waals surface area contributed by atoms with Gasteiger partial charge in [0.15, 0.2) is 5.78 Å². The molecule has 1 heterocycles. The van der Waals surface area contributed by atoms with Gasteiger partial charge in [-0.15, -0.1) is 0 Å². The first-order valence-electron chi connectivity index (χ1n) is 6.60.